The van der Waals surface area contributed by atoms with Crippen molar-refractivity contribution in [1.82, 2.24) is 0 Å². The highest BCUT2D eigenvalue weighted by Crippen LogP contribution is 2.46. The van der Waals surface area contributed by atoms with Crippen LogP contribution in [-0.4, -0.2) is 18.4 Å². The lowest BCUT2D eigenvalue weighted by atomic mass is 10.0. The predicted octanol–water partition coefficient (Wildman–Crippen LogP) is 12.1. The van der Waals surface area contributed by atoms with E-state index in [1.165, 1.54) is 49.5 Å². The molecule has 0 heterocycles. The van der Waals surface area contributed by atoms with Crippen molar-refractivity contribution >= 4 is 57.0 Å². The second kappa shape index (κ2) is 14.0. The summed E-state index contributed by atoms with van der Waals surface area (Å²) in [6, 6.07) is 64.2. The van der Waals surface area contributed by atoms with Gasteiger partial charge in [-0.05, 0) is 86.4 Å². The smallest absolute Gasteiger partial charge is 0.161 e. The molecule has 0 amide bonds. The van der Waals surface area contributed by atoms with Crippen molar-refractivity contribution in [3.8, 4) is 11.1 Å². The van der Waals surface area contributed by atoms with Crippen molar-refractivity contribution < 1.29 is 0 Å². The van der Waals surface area contributed by atoms with E-state index in [0.29, 0.717) is 18.2 Å². The quantitative estimate of drug-likeness (QED) is 0.122. The molecule has 9 rings (SSSR count). The first-order chi connectivity index (χ1) is 26.2. The van der Waals surface area contributed by atoms with Crippen LogP contribution in [0.25, 0.3) is 32.7 Å². The van der Waals surface area contributed by atoms with E-state index in [9.17, 15) is 0 Å². The third kappa shape index (κ3) is 6.32. The molecule has 53 heavy (non-hydrogen) atoms. The van der Waals surface area contributed by atoms with E-state index in [1.54, 1.807) is 0 Å². The second-order valence-corrected chi connectivity index (χ2v) is 13.3. The summed E-state index contributed by atoms with van der Waals surface area (Å²) in [6.07, 6.45) is 0.832. The number of rotatable bonds is 7. The zero-order valence-corrected chi connectivity index (χ0v) is 29.2. The summed E-state index contributed by atoms with van der Waals surface area (Å²) in [7, 11) is 0. The van der Waals surface area contributed by atoms with Gasteiger partial charge in [-0.1, -0.05) is 152 Å². The Bertz CT molecular complexity index is 2610. The lowest BCUT2D eigenvalue weighted by molar-refractivity contribution is 1.05. The average Bonchev–Trinajstić information content (AvgIpc) is 3.60. The molecule has 0 saturated carbocycles. The monoisotopic (exact) mass is 680 g/mol. The van der Waals surface area contributed by atoms with Crippen molar-refractivity contribution in [3.05, 3.63) is 210 Å². The fourth-order valence-electron chi connectivity index (χ4n) is 7.45. The molecule has 0 aliphatic heterocycles. The van der Waals surface area contributed by atoms with E-state index in [-0.39, 0.29) is 0 Å². The van der Waals surface area contributed by atoms with Gasteiger partial charge in [-0.3, -0.25) is 4.99 Å². The van der Waals surface area contributed by atoms with Gasteiger partial charge in [0.15, 0.2) is 11.7 Å². The molecule has 4 nitrogen and oxygen atoms in total. The minimum absolute atomic E-state index is 0.490. The summed E-state index contributed by atoms with van der Waals surface area (Å²) in [6.45, 7) is 4.30. The highest BCUT2D eigenvalue weighted by atomic mass is 15.1. The largest absolute Gasteiger partial charge is 0.310 e. The lowest BCUT2D eigenvalue weighted by Crippen LogP contribution is -2.12. The van der Waals surface area contributed by atoms with E-state index in [0.717, 1.165) is 34.5 Å². The van der Waals surface area contributed by atoms with Crippen LogP contribution >= 0.6 is 0 Å². The summed E-state index contributed by atoms with van der Waals surface area (Å²) in [5, 5.41) is 4.90. The van der Waals surface area contributed by atoms with Gasteiger partial charge < -0.3 is 4.90 Å². The minimum atomic E-state index is 0.490. The molecule has 0 bridgehead atoms. The number of benzene rings is 8. The second-order valence-electron chi connectivity index (χ2n) is 13.3. The molecule has 0 saturated heterocycles. The first-order valence-corrected chi connectivity index (χ1v) is 17.9. The van der Waals surface area contributed by atoms with Gasteiger partial charge in [0.05, 0.1) is 12.2 Å². The van der Waals surface area contributed by atoms with Gasteiger partial charge in [-0.15, -0.1) is 0 Å². The fourth-order valence-corrected chi connectivity index (χ4v) is 7.45. The van der Waals surface area contributed by atoms with E-state index in [2.05, 4.69) is 138 Å². The van der Waals surface area contributed by atoms with Gasteiger partial charge >= 0.3 is 0 Å². The van der Waals surface area contributed by atoms with Crippen LogP contribution in [0.4, 0.5) is 17.1 Å². The minimum Gasteiger partial charge on any atom is -0.310 e. The summed E-state index contributed by atoms with van der Waals surface area (Å²) in [5.74, 6) is 1.18. The Kier molecular flexibility index (Phi) is 8.47. The van der Waals surface area contributed by atoms with Crippen molar-refractivity contribution in [2.45, 2.75) is 13.0 Å². The standard InChI is InChI=1S/C49H36N4/c1-50-48(37-15-4-2-5-16-37)52-49(38-17-6-3-7-18-38)51-33-34-23-28-44-41(29-34)32-46-45(44)21-12-22-47(46)53(42-26-24-35-13-8-10-19-39(35)30-42)43-27-25-36-14-9-11-20-40(36)31-43/h2-31H,1,32-33H2/b51-49-,52-48-. The van der Waals surface area contributed by atoms with Crippen LogP contribution in [-0.2, 0) is 13.0 Å². The van der Waals surface area contributed by atoms with Gasteiger partial charge in [-0.25, -0.2) is 9.98 Å². The van der Waals surface area contributed by atoms with Gasteiger partial charge in [0.1, 0.15) is 0 Å². The number of fused-ring (bicyclic) bond motifs is 5. The van der Waals surface area contributed by atoms with Crippen molar-refractivity contribution in [2.24, 2.45) is 15.0 Å². The summed E-state index contributed by atoms with van der Waals surface area (Å²) in [5.41, 5.74) is 11.6. The first-order valence-electron chi connectivity index (χ1n) is 17.9. The molecule has 0 atom stereocenters. The first kappa shape index (κ1) is 32.0. The molecular formula is C49H36N4. The van der Waals surface area contributed by atoms with E-state index in [4.69, 9.17) is 9.98 Å². The average molecular weight is 681 g/mol. The zero-order valence-electron chi connectivity index (χ0n) is 29.2. The number of hydrogen-bond donors (Lipinski definition) is 0. The topological polar surface area (TPSA) is 40.3 Å². The van der Waals surface area contributed by atoms with Crippen LogP contribution in [0.2, 0.25) is 0 Å². The Hall–Kier alpha value is -6.91. The zero-order chi connectivity index (χ0) is 35.6. The summed E-state index contributed by atoms with van der Waals surface area (Å²) in [4.78, 5) is 16.7. The maximum atomic E-state index is 5.06. The molecule has 8 aromatic rings. The van der Waals surface area contributed by atoms with Crippen molar-refractivity contribution in [3.63, 3.8) is 0 Å². The van der Waals surface area contributed by atoms with Crippen LogP contribution in [0.3, 0.4) is 0 Å². The normalized spacial score (nSPS) is 12.5. The van der Waals surface area contributed by atoms with Crippen LogP contribution < -0.4 is 4.90 Å². The molecule has 252 valence electrons. The summed E-state index contributed by atoms with van der Waals surface area (Å²) >= 11 is 0. The Morgan fingerprint density at radius 2 is 1.09 bits per heavy atom. The molecule has 0 fully saturated rings. The molecule has 1 aliphatic carbocycles. The number of aliphatic imine (C=N–C) groups is 3. The molecule has 0 aromatic heterocycles. The molecule has 1 aliphatic rings. The fraction of sp³-hybridized carbons (Fsp3) is 0.0408. The van der Waals surface area contributed by atoms with Gasteiger partial charge in [0.25, 0.3) is 0 Å². The molecule has 0 unspecified atom stereocenters. The van der Waals surface area contributed by atoms with Crippen molar-refractivity contribution in [1.29, 1.82) is 0 Å². The third-order valence-corrected chi connectivity index (χ3v) is 10.0. The van der Waals surface area contributed by atoms with Crippen molar-refractivity contribution in [2.75, 3.05) is 4.90 Å². The van der Waals surface area contributed by atoms with E-state index >= 15 is 0 Å². The van der Waals surface area contributed by atoms with Gasteiger partial charge in [-0.2, -0.15) is 0 Å². The number of nitrogens with zero attached hydrogens (tertiary/aromatic N) is 4. The van der Waals surface area contributed by atoms with Crippen LogP contribution in [0, 0.1) is 0 Å². The van der Waals surface area contributed by atoms with Crippen LogP contribution in [0.1, 0.15) is 27.8 Å². The molecule has 0 N–H and O–H groups in total. The molecule has 0 spiro atoms. The summed E-state index contributed by atoms with van der Waals surface area (Å²) < 4.78 is 0. The molecular weight excluding hydrogens is 645 g/mol. The lowest BCUT2D eigenvalue weighted by Gasteiger charge is -2.28. The predicted molar refractivity (Wildman–Crippen MR) is 224 cm³/mol. The number of anilines is 3. The Balaban J connectivity index is 1.09. The van der Waals surface area contributed by atoms with Crippen LogP contribution in [0.15, 0.2) is 197 Å². The maximum absolute atomic E-state index is 5.06. The Morgan fingerprint density at radius 1 is 0.509 bits per heavy atom. The van der Waals surface area contributed by atoms with E-state index < -0.39 is 0 Å². The molecule has 0 radical (unpaired) electrons. The van der Waals surface area contributed by atoms with Crippen LogP contribution in [0.5, 0.6) is 0 Å². The Labute approximate surface area is 309 Å². The maximum Gasteiger partial charge on any atom is 0.161 e. The molecule has 8 aromatic carbocycles. The number of hydrogen-bond acceptors (Lipinski definition) is 2. The SMILES string of the molecule is C=N/C(=N\C(=N/Cc1ccc2c(c1)Cc1c-2cccc1N(c1ccc2ccccc2c1)c1ccc2ccccc2c1)c1ccccc1)c1ccccc1. The Morgan fingerprint density at radius 3 is 1.72 bits per heavy atom. The number of amidine groups is 2. The third-order valence-electron chi connectivity index (χ3n) is 10.0. The highest BCUT2D eigenvalue weighted by molar-refractivity contribution is 6.12. The van der Waals surface area contributed by atoms with Gasteiger partial charge in [0, 0.05) is 28.9 Å². The van der Waals surface area contributed by atoms with Gasteiger partial charge in [0.2, 0.25) is 0 Å². The highest BCUT2D eigenvalue weighted by Gasteiger charge is 2.25. The molecule has 4 heteroatoms. The van der Waals surface area contributed by atoms with E-state index in [1.807, 2.05) is 60.7 Å².